The van der Waals surface area contributed by atoms with Gasteiger partial charge in [0.25, 0.3) is 0 Å². The normalized spacial score (nSPS) is 26.0. The number of carbonyl (C=O) groups is 1. The number of nitrogens with one attached hydrogen (secondary N) is 1. The van der Waals surface area contributed by atoms with Gasteiger partial charge in [-0.1, -0.05) is 30.3 Å². The molecule has 3 rings (SSSR count). The first-order chi connectivity index (χ1) is 10.3. The minimum atomic E-state index is 0.0218. The van der Waals surface area contributed by atoms with Crippen molar-refractivity contribution in [3.63, 3.8) is 0 Å². The summed E-state index contributed by atoms with van der Waals surface area (Å²) in [6.45, 7) is 3.14. The van der Waals surface area contributed by atoms with Crippen LogP contribution in [0.2, 0.25) is 0 Å². The standard InChI is InChI=1S/C17H24N2O2/c20-17(9-8-15-7-4-10-18-15)19-11-12-21-16(13-19)14-5-2-1-3-6-14/h1-3,5-6,15-16,18H,4,7-13H2. The highest BCUT2D eigenvalue weighted by molar-refractivity contribution is 5.76. The first-order valence-corrected chi connectivity index (χ1v) is 8.00. The van der Waals surface area contributed by atoms with E-state index < -0.39 is 0 Å². The number of rotatable bonds is 4. The van der Waals surface area contributed by atoms with E-state index in [1.54, 1.807) is 0 Å². The minimum absolute atomic E-state index is 0.0218. The largest absolute Gasteiger partial charge is 0.370 e. The van der Waals surface area contributed by atoms with Crippen LogP contribution in [0, 0.1) is 0 Å². The van der Waals surface area contributed by atoms with Crippen LogP contribution in [-0.2, 0) is 9.53 Å². The Balaban J connectivity index is 1.51. The quantitative estimate of drug-likeness (QED) is 0.922. The molecule has 2 aliphatic heterocycles. The third kappa shape index (κ3) is 3.83. The van der Waals surface area contributed by atoms with Crippen molar-refractivity contribution in [2.75, 3.05) is 26.2 Å². The monoisotopic (exact) mass is 288 g/mol. The van der Waals surface area contributed by atoms with Crippen LogP contribution in [0.15, 0.2) is 30.3 Å². The molecule has 1 aromatic carbocycles. The van der Waals surface area contributed by atoms with E-state index in [9.17, 15) is 4.79 Å². The van der Waals surface area contributed by atoms with Crippen molar-refractivity contribution in [2.24, 2.45) is 0 Å². The molecule has 0 radical (unpaired) electrons. The maximum atomic E-state index is 12.4. The Kier molecular flexibility index (Phi) is 4.88. The Morgan fingerprint density at radius 3 is 2.95 bits per heavy atom. The van der Waals surface area contributed by atoms with Crippen LogP contribution in [0.25, 0.3) is 0 Å². The van der Waals surface area contributed by atoms with Gasteiger partial charge in [0.15, 0.2) is 0 Å². The van der Waals surface area contributed by atoms with Crippen molar-refractivity contribution in [3.05, 3.63) is 35.9 Å². The fourth-order valence-corrected chi connectivity index (χ4v) is 3.20. The number of morpholine rings is 1. The summed E-state index contributed by atoms with van der Waals surface area (Å²) in [5, 5.41) is 3.45. The zero-order chi connectivity index (χ0) is 14.5. The minimum Gasteiger partial charge on any atom is -0.370 e. The van der Waals surface area contributed by atoms with Gasteiger partial charge in [0, 0.05) is 19.0 Å². The predicted octanol–water partition coefficient (Wildman–Crippen LogP) is 2.12. The highest BCUT2D eigenvalue weighted by Crippen LogP contribution is 2.22. The fourth-order valence-electron chi connectivity index (χ4n) is 3.20. The van der Waals surface area contributed by atoms with Crippen molar-refractivity contribution >= 4 is 5.91 Å². The summed E-state index contributed by atoms with van der Waals surface area (Å²) >= 11 is 0. The van der Waals surface area contributed by atoms with E-state index >= 15 is 0 Å². The number of amides is 1. The van der Waals surface area contributed by atoms with Crippen LogP contribution in [0.3, 0.4) is 0 Å². The molecule has 2 aliphatic rings. The molecule has 0 spiro atoms. The zero-order valence-corrected chi connectivity index (χ0v) is 12.5. The maximum Gasteiger partial charge on any atom is 0.222 e. The second kappa shape index (κ2) is 7.05. The van der Waals surface area contributed by atoms with Gasteiger partial charge in [0.05, 0.1) is 13.2 Å². The molecule has 2 heterocycles. The number of ether oxygens (including phenoxy) is 1. The highest BCUT2D eigenvalue weighted by atomic mass is 16.5. The molecule has 0 aromatic heterocycles. The topological polar surface area (TPSA) is 41.6 Å². The van der Waals surface area contributed by atoms with E-state index in [0.29, 0.717) is 25.6 Å². The summed E-state index contributed by atoms with van der Waals surface area (Å²) in [7, 11) is 0. The second-order valence-electron chi connectivity index (χ2n) is 5.94. The van der Waals surface area contributed by atoms with Crippen LogP contribution in [-0.4, -0.2) is 43.1 Å². The molecule has 2 saturated heterocycles. The fraction of sp³-hybridized carbons (Fsp3) is 0.588. The molecule has 114 valence electrons. The molecule has 1 amide bonds. The van der Waals surface area contributed by atoms with Crippen molar-refractivity contribution in [2.45, 2.75) is 37.8 Å². The number of hydrogen-bond donors (Lipinski definition) is 1. The lowest BCUT2D eigenvalue weighted by Crippen LogP contribution is -2.42. The first kappa shape index (κ1) is 14.5. The van der Waals surface area contributed by atoms with Gasteiger partial charge < -0.3 is 15.0 Å². The van der Waals surface area contributed by atoms with Crippen LogP contribution in [0.1, 0.15) is 37.4 Å². The van der Waals surface area contributed by atoms with Crippen LogP contribution < -0.4 is 5.32 Å². The van der Waals surface area contributed by atoms with Crippen molar-refractivity contribution in [1.29, 1.82) is 0 Å². The van der Waals surface area contributed by atoms with Crippen LogP contribution >= 0.6 is 0 Å². The highest BCUT2D eigenvalue weighted by Gasteiger charge is 2.25. The molecule has 0 bridgehead atoms. The zero-order valence-electron chi connectivity index (χ0n) is 12.5. The summed E-state index contributed by atoms with van der Waals surface area (Å²) in [6.07, 6.45) is 4.09. The summed E-state index contributed by atoms with van der Waals surface area (Å²) in [4.78, 5) is 14.3. The van der Waals surface area contributed by atoms with Gasteiger partial charge in [-0.25, -0.2) is 0 Å². The van der Waals surface area contributed by atoms with Crippen molar-refractivity contribution in [3.8, 4) is 0 Å². The van der Waals surface area contributed by atoms with Gasteiger partial charge in [0.1, 0.15) is 6.10 Å². The molecule has 4 heteroatoms. The number of hydrogen-bond acceptors (Lipinski definition) is 3. The molecule has 1 aromatic rings. The lowest BCUT2D eigenvalue weighted by molar-refractivity contribution is -0.139. The van der Waals surface area contributed by atoms with E-state index in [-0.39, 0.29) is 12.0 Å². The summed E-state index contributed by atoms with van der Waals surface area (Å²) in [5.74, 6) is 0.271. The van der Waals surface area contributed by atoms with E-state index in [1.165, 1.54) is 12.8 Å². The van der Waals surface area contributed by atoms with Crippen molar-refractivity contribution in [1.82, 2.24) is 10.2 Å². The lowest BCUT2D eigenvalue weighted by atomic mass is 10.1. The van der Waals surface area contributed by atoms with Gasteiger partial charge in [-0.15, -0.1) is 0 Å². The Labute approximate surface area is 126 Å². The third-order valence-corrected chi connectivity index (χ3v) is 4.46. The number of carbonyl (C=O) groups excluding carboxylic acids is 1. The van der Waals surface area contributed by atoms with Gasteiger partial charge in [-0.3, -0.25) is 4.79 Å². The first-order valence-electron chi connectivity index (χ1n) is 8.00. The molecule has 2 fully saturated rings. The van der Waals surface area contributed by atoms with E-state index in [1.807, 2.05) is 23.1 Å². The maximum absolute atomic E-state index is 12.4. The van der Waals surface area contributed by atoms with E-state index in [2.05, 4.69) is 17.4 Å². The predicted molar refractivity (Wildman–Crippen MR) is 82.0 cm³/mol. The average Bonchev–Trinajstić information content (AvgIpc) is 3.07. The second-order valence-corrected chi connectivity index (χ2v) is 5.94. The van der Waals surface area contributed by atoms with Gasteiger partial charge >= 0.3 is 0 Å². The Bertz CT molecular complexity index is 457. The SMILES string of the molecule is O=C(CCC1CCCN1)N1CCOC(c2ccccc2)C1. The van der Waals surface area contributed by atoms with Crippen LogP contribution in [0.5, 0.6) is 0 Å². The smallest absolute Gasteiger partial charge is 0.222 e. The summed E-state index contributed by atoms with van der Waals surface area (Å²) in [6, 6.07) is 10.7. The molecular formula is C17H24N2O2. The van der Waals surface area contributed by atoms with Gasteiger partial charge in [-0.05, 0) is 31.4 Å². The summed E-state index contributed by atoms with van der Waals surface area (Å²) < 4.78 is 5.82. The summed E-state index contributed by atoms with van der Waals surface area (Å²) in [5.41, 5.74) is 1.16. The Hall–Kier alpha value is -1.39. The Morgan fingerprint density at radius 2 is 2.19 bits per heavy atom. The number of benzene rings is 1. The molecule has 2 unspecified atom stereocenters. The molecule has 0 saturated carbocycles. The number of nitrogens with zero attached hydrogens (tertiary/aromatic N) is 1. The molecule has 0 aliphatic carbocycles. The molecule has 2 atom stereocenters. The molecule has 4 nitrogen and oxygen atoms in total. The van der Waals surface area contributed by atoms with Gasteiger partial charge in [0.2, 0.25) is 5.91 Å². The van der Waals surface area contributed by atoms with Crippen molar-refractivity contribution < 1.29 is 9.53 Å². The van der Waals surface area contributed by atoms with Gasteiger partial charge in [-0.2, -0.15) is 0 Å². The molecular weight excluding hydrogens is 264 g/mol. The third-order valence-electron chi connectivity index (χ3n) is 4.46. The molecule has 1 N–H and O–H groups in total. The average molecular weight is 288 g/mol. The molecule has 21 heavy (non-hydrogen) atoms. The lowest BCUT2D eigenvalue weighted by Gasteiger charge is -2.33. The van der Waals surface area contributed by atoms with E-state index in [0.717, 1.165) is 25.1 Å². The van der Waals surface area contributed by atoms with E-state index in [4.69, 9.17) is 4.74 Å². The van der Waals surface area contributed by atoms with Crippen LogP contribution in [0.4, 0.5) is 0 Å². The Morgan fingerprint density at radius 1 is 1.33 bits per heavy atom.